The number of hydrogen-bond donors (Lipinski definition) is 0. The fourth-order valence-electron chi connectivity index (χ4n) is 3.67. The number of likely N-dealkylation sites (N-methyl/N-ethyl adjacent to an activating group) is 1. The van der Waals surface area contributed by atoms with Crippen LogP contribution >= 0.6 is 22.9 Å². The highest BCUT2D eigenvalue weighted by molar-refractivity contribution is 7.92. The van der Waals surface area contributed by atoms with Gasteiger partial charge in [-0.25, -0.2) is 13.4 Å². The topological polar surface area (TPSA) is 83.0 Å². The number of rotatable bonds is 9. The molecule has 0 unspecified atom stereocenters. The van der Waals surface area contributed by atoms with Gasteiger partial charge in [0, 0.05) is 25.7 Å². The second kappa shape index (κ2) is 11.1. The summed E-state index contributed by atoms with van der Waals surface area (Å²) in [7, 11) is 3.10. The summed E-state index contributed by atoms with van der Waals surface area (Å²) in [5.74, 6) is 0.273. The van der Waals surface area contributed by atoms with Gasteiger partial charge in [-0.1, -0.05) is 41.1 Å². The van der Waals surface area contributed by atoms with Gasteiger partial charge in [-0.2, -0.15) is 0 Å². The van der Waals surface area contributed by atoms with Gasteiger partial charge >= 0.3 is 0 Å². The molecule has 1 amide bonds. The molecule has 1 heterocycles. The summed E-state index contributed by atoms with van der Waals surface area (Å²) in [5.41, 5.74) is 1.47. The van der Waals surface area contributed by atoms with Crippen LogP contribution in [0.1, 0.15) is 10.4 Å². The number of sulfonamides is 1. The number of halogens is 1. The smallest absolute Gasteiger partial charge is 0.264 e. The zero-order chi connectivity index (χ0) is 26.7. The molecule has 8 nitrogen and oxygen atoms in total. The Hall–Kier alpha value is -3.18. The van der Waals surface area contributed by atoms with Crippen molar-refractivity contribution in [3.8, 4) is 5.75 Å². The molecule has 0 aliphatic carbocycles. The lowest BCUT2D eigenvalue weighted by Gasteiger charge is -2.22. The summed E-state index contributed by atoms with van der Waals surface area (Å²) in [6, 6.07) is 18.2. The Morgan fingerprint density at radius 3 is 2.27 bits per heavy atom. The van der Waals surface area contributed by atoms with Gasteiger partial charge in [-0.05, 0) is 62.6 Å². The molecule has 4 rings (SSSR count). The Morgan fingerprint density at radius 2 is 1.65 bits per heavy atom. The van der Waals surface area contributed by atoms with Crippen LogP contribution in [0.3, 0.4) is 0 Å². The number of para-hydroxylation sites is 1. The molecule has 0 spiro atoms. The van der Waals surface area contributed by atoms with Gasteiger partial charge in [0.05, 0.1) is 27.4 Å². The van der Waals surface area contributed by atoms with Crippen molar-refractivity contribution in [2.75, 3.05) is 50.5 Å². The number of nitrogens with zero attached hydrogens (tertiary/aromatic N) is 4. The van der Waals surface area contributed by atoms with Crippen molar-refractivity contribution in [2.24, 2.45) is 0 Å². The molecule has 1 aromatic heterocycles. The van der Waals surface area contributed by atoms with Crippen LogP contribution in [0.5, 0.6) is 5.75 Å². The lowest BCUT2D eigenvalue weighted by atomic mass is 10.2. The van der Waals surface area contributed by atoms with Crippen molar-refractivity contribution >= 4 is 59.9 Å². The van der Waals surface area contributed by atoms with Gasteiger partial charge in [0.15, 0.2) is 5.13 Å². The van der Waals surface area contributed by atoms with E-state index < -0.39 is 10.0 Å². The number of carbonyl (C=O) groups excluding carboxylic acids is 1. The van der Waals surface area contributed by atoms with Gasteiger partial charge in [-0.15, -0.1) is 0 Å². The SMILES string of the molecule is COc1ccc(Cl)c2sc(N(CCN(C)C)C(=O)c3ccc(S(=O)(=O)N(C)c4ccccc4)cc3)nc12. The van der Waals surface area contributed by atoms with Crippen LogP contribution < -0.4 is 13.9 Å². The number of ether oxygens (including phenoxy) is 1. The zero-order valence-corrected chi connectivity index (χ0v) is 23.3. The first-order chi connectivity index (χ1) is 17.6. The number of methoxy groups -OCH3 is 1. The van der Waals surface area contributed by atoms with Crippen molar-refractivity contribution < 1.29 is 17.9 Å². The number of thiazole rings is 1. The molecule has 11 heteroatoms. The third-order valence-electron chi connectivity index (χ3n) is 5.79. The Bertz CT molecular complexity index is 1510. The van der Waals surface area contributed by atoms with Gasteiger partial charge in [0.2, 0.25) is 0 Å². The molecule has 37 heavy (non-hydrogen) atoms. The highest BCUT2D eigenvalue weighted by atomic mass is 35.5. The number of benzene rings is 3. The van der Waals surface area contributed by atoms with Gasteiger partial charge in [-0.3, -0.25) is 14.0 Å². The summed E-state index contributed by atoms with van der Waals surface area (Å²) in [6.45, 7) is 0.975. The molecular weight excluding hydrogens is 532 g/mol. The molecule has 0 saturated heterocycles. The van der Waals surface area contributed by atoms with Crippen LogP contribution in [0.25, 0.3) is 10.2 Å². The molecule has 194 valence electrons. The molecule has 0 saturated carbocycles. The highest BCUT2D eigenvalue weighted by Crippen LogP contribution is 2.39. The minimum absolute atomic E-state index is 0.0896. The number of carbonyl (C=O) groups is 1. The largest absolute Gasteiger partial charge is 0.494 e. The molecule has 0 bridgehead atoms. The second-order valence-corrected chi connectivity index (χ2v) is 11.9. The van der Waals surface area contributed by atoms with Crippen LogP contribution in [0.2, 0.25) is 5.02 Å². The summed E-state index contributed by atoms with van der Waals surface area (Å²) < 4.78 is 33.6. The van der Waals surface area contributed by atoms with Gasteiger partial charge in [0.1, 0.15) is 11.3 Å². The molecule has 0 radical (unpaired) electrons. The van der Waals surface area contributed by atoms with E-state index in [1.165, 1.54) is 47.0 Å². The summed E-state index contributed by atoms with van der Waals surface area (Å²) >= 11 is 7.71. The lowest BCUT2D eigenvalue weighted by molar-refractivity contribution is 0.0985. The molecule has 0 aliphatic heterocycles. The van der Waals surface area contributed by atoms with E-state index in [9.17, 15) is 13.2 Å². The van der Waals surface area contributed by atoms with Crippen molar-refractivity contribution in [2.45, 2.75) is 4.90 Å². The average Bonchev–Trinajstić information content (AvgIpc) is 3.35. The fourth-order valence-corrected chi connectivity index (χ4v) is 6.14. The van der Waals surface area contributed by atoms with Crippen molar-refractivity contribution in [1.82, 2.24) is 9.88 Å². The van der Waals surface area contributed by atoms with E-state index in [1.807, 2.05) is 25.1 Å². The van der Waals surface area contributed by atoms with E-state index in [1.54, 1.807) is 48.4 Å². The number of aromatic nitrogens is 1. The van der Waals surface area contributed by atoms with Crippen molar-refractivity contribution in [1.29, 1.82) is 0 Å². The van der Waals surface area contributed by atoms with Gasteiger partial charge in [0.25, 0.3) is 15.9 Å². The standard InChI is InChI=1S/C26H27ClN4O4S2/c1-29(2)16-17-31(26-28-23-22(35-4)15-14-21(27)24(23)36-26)25(32)18-10-12-20(13-11-18)37(33,34)30(3)19-8-6-5-7-9-19/h5-15H,16-17H2,1-4H3. The maximum Gasteiger partial charge on any atom is 0.264 e. The normalized spacial score (nSPS) is 11.6. The predicted molar refractivity (Wildman–Crippen MR) is 150 cm³/mol. The predicted octanol–water partition coefficient (Wildman–Crippen LogP) is 4.99. The number of fused-ring (bicyclic) bond motifs is 1. The maximum absolute atomic E-state index is 13.6. The molecule has 0 fully saturated rings. The van der Waals surface area contributed by atoms with Crippen LogP contribution in [0, 0.1) is 0 Å². The van der Waals surface area contributed by atoms with E-state index in [2.05, 4.69) is 4.98 Å². The van der Waals surface area contributed by atoms with Gasteiger partial charge < -0.3 is 9.64 Å². The van der Waals surface area contributed by atoms with Crippen LogP contribution in [-0.2, 0) is 10.0 Å². The number of amides is 1. The van der Waals surface area contributed by atoms with Crippen LogP contribution in [-0.4, -0.2) is 65.6 Å². The van der Waals surface area contributed by atoms with Crippen molar-refractivity contribution in [3.63, 3.8) is 0 Å². The van der Waals surface area contributed by atoms with Crippen LogP contribution in [0.4, 0.5) is 10.8 Å². The number of hydrogen-bond acceptors (Lipinski definition) is 7. The average molecular weight is 559 g/mol. The van der Waals surface area contributed by atoms with E-state index in [-0.39, 0.29) is 10.8 Å². The second-order valence-electron chi connectivity index (χ2n) is 8.52. The molecule has 4 aromatic rings. The van der Waals surface area contributed by atoms with E-state index in [0.29, 0.717) is 45.8 Å². The highest BCUT2D eigenvalue weighted by Gasteiger charge is 2.25. The minimum atomic E-state index is -3.80. The third kappa shape index (κ3) is 5.57. The first kappa shape index (κ1) is 26.9. The first-order valence-electron chi connectivity index (χ1n) is 11.4. The zero-order valence-electron chi connectivity index (χ0n) is 20.9. The Kier molecular flexibility index (Phi) is 8.03. The summed E-state index contributed by atoms with van der Waals surface area (Å²) in [6.07, 6.45) is 0. The lowest BCUT2D eigenvalue weighted by Crippen LogP contribution is -2.36. The Morgan fingerprint density at radius 1 is 0.973 bits per heavy atom. The Balaban J connectivity index is 1.67. The molecular formula is C26H27ClN4O4S2. The minimum Gasteiger partial charge on any atom is -0.494 e. The molecule has 0 N–H and O–H groups in total. The summed E-state index contributed by atoms with van der Waals surface area (Å²) in [5, 5.41) is 1.01. The monoisotopic (exact) mass is 558 g/mol. The van der Waals surface area contributed by atoms with Crippen LogP contribution in [0.15, 0.2) is 71.6 Å². The van der Waals surface area contributed by atoms with E-state index in [4.69, 9.17) is 16.3 Å². The third-order valence-corrected chi connectivity index (χ3v) is 9.13. The maximum atomic E-state index is 13.6. The van der Waals surface area contributed by atoms with E-state index >= 15 is 0 Å². The molecule has 3 aromatic carbocycles. The fraction of sp³-hybridized carbons (Fsp3) is 0.231. The first-order valence-corrected chi connectivity index (χ1v) is 14.0. The molecule has 0 atom stereocenters. The quantitative estimate of drug-likeness (QED) is 0.288. The molecule has 0 aliphatic rings. The van der Waals surface area contributed by atoms with Crippen molar-refractivity contribution in [3.05, 3.63) is 77.3 Å². The van der Waals surface area contributed by atoms with E-state index in [0.717, 1.165) is 4.70 Å². The number of anilines is 2. The summed E-state index contributed by atoms with van der Waals surface area (Å²) in [4.78, 5) is 22.0. The Labute approximate surface area is 225 Å².